The van der Waals surface area contributed by atoms with Crippen molar-refractivity contribution in [1.82, 2.24) is 0 Å². The molecule has 2 atom stereocenters. The Morgan fingerprint density at radius 2 is 2.13 bits per heavy atom. The number of rotatable bonds is 4. The molecule has 0 spiro atoms. The summed E-state index contributed by atoms with van der Waals surface area (Å²) in [4.78, 5) is 26.0. The number of carbonyl (C=O) groups excluding carboxylic acids is 2. The smallest absolute Gasteiger partial charge is 0.311 e. The molecule has 5 heteroatoms. The van der Waals surface area contributed by atoms with Gasteiger partial charge in [-0.2, -0.15) is 0 Å². The number of amides is 1. The zero-order chi connectivity index (χ0) is 16.2. The Balaban J connectivity index is 1.57. The van der Waals surface area contributed by atoms with E-state index in [4.69, 9.17) is 16.3 Å². The molecule has 0 bridgehead atoms. The molecular weight excluding hydrogens is 314 g/mol. The number of halogens is 1. The Bertz CT molecular complexity index is 628. The van der Waals surface area contributed by atoms with Crippen molar-refractivity contribution in [3.05, 3.63) is 41.4 Å². The molecule has 1 aromatic carbocycles. The molecule has 1 amide bonds. The summed E-state index contributed by atoms with van der Waals surface area (Å²) < 4.78 is 5.44. The second-order valence-electron chi connectivity index (χ2n) is 6.14. The van der Waals surface area contributed by atoms with Gasteiger partial charge in [-0.3, -0.25) is 9.59 Å². The van der Waals surface area contributed by atoms with Crippen LogP contribution in [0.3, 0.4) is 0 Å². The van der Waals surface area contributed by atoms with Crippen LogP contribution >= 0.6 is 11.6 Å². The highest BCUT2D eigenvalue weighted by molar-refractivity contribution is 6.33. The lowest BCUT2D eigenvalue weighted by Gasteiger charge is -2.19. The number of nitrogens with zero attached hydrogens (tertiary/aromatic N) is 1. The zero-order valence-corrected chi connectivity index (χ0v) is 13.7. The van der Waals surface area contributed by atoms with E-state index in [1.54, 1.807) is 17.0 Å². The van der Waals surface area contributed by atoms with Crippen LogP contribution in [0.4, 0.5) is 5.69 Å². The van der Waals surface area contributed by atoms with E-state index < -0.39 is 5.92 Å². The van der Waals surface area contributed by atoms with Crippen LogP contribution in [0.2, 0.25) is 5.02 Å². The number of ether oxygens (including phenoxy) is 1. The minimum absolute atomic E-state index is 0.0827. The summed E-state index contributed by atoms with van der Waals surface area (Å²) in [6.07, 6.45) is 7.55. The van der Waals surface area contributed by atoms with Crippen LogP contribution in [0.1, 0.15) is 25.7 Å². The van der Waals surface area contributed by atoms with Gasteiger partial charge in [0, 0.05) is 13.0 Å². The third-order valence-electron chi connectivity index (χ3n) is 4.44. The van der Waals surface area contributed by atoms with E-state index in [9.17, 15) is 9.59 Å². The van der Waals surface area contributed by atoms with E-state index in [0.29, 0.717) is 29.8 Å². The predicted molar refractivity (Wildman–Crippen MR) is 89.4 cm³/mol. The highest BCUT2D eigenvalue weighted by Gasteiger charge is 2.37. The van der Waals surface area contributed by atoms with Gasteiger partial charge in [0.2, 0.25) is 5.91 Å². The third kappa shape index (κ3) is 3.75. The summed E-state index contributed by atoms with van der Waals surface area (Å²) in [5.41, 5.74) is 0.659. The Kier molecular flexibility index (Phi) is 5.01. The Morgan fingerprint density at radius 1 is 1.30 bits per heavy atom. The molecule has 2 aliphatic rings. The largest absolute Gasteiger partial charge is 0.465 e. The van der Waals surface area contributed by atoms with E-state index in [2.05, 4.69) is 12.2 Å². The molecule has 2 unspecified atom stereocenters. The minimum atomic E-state index is -0.405. The average molecular weight is 334 g/mol. The van der Waals surface area contributed by atoms with E-state index in [-0.39, 0.29) is 18.3 Å². The maximum Gasteiger partial charge on any atom is 0.311 e. The van der Waals surface area contributed by atoms with Crippen LogP contribution < -0.4 is 4.90 Å². The van der Waals surface area contributed by atoms with Gasteiger partial charge in [-0.05, 0) is 37.3 Å². The summed E-state index contributed by atoms with van der Waals surface area (Å²) in [6, 6.07) is 7.18. The topological polar surface area (TPSA) is 46.6 Å². The molecular formula is C18H20ClNO3. The molecule has 122 valence electrons. The lowest BCUT2D eigenvalue weighted by molar-refractivity contribution is -0.149. The molecule has 1 aromatic rings. The molecule has 0 N–H and O–H groups in total. The SMILES string of the molecule is O=C(OCC1CC=CCC1)C1CC(=O)N(c2ccccc2Cl)C1. The van der Waals surface area contributed by atoms with Crippen molar-refractivity contribution in [2.75, 3.05) is 18.1 Å². The number of anilines is 1. The molecule has 1 heterocycles. The van der Waals surface area contributed by atoms with E-state index in [1.165, 1.54) is 0 Å². The summed E-state index contributed by atoms with van der Waals surface area (Å²) >= 11 is 6.14. The van der Waals surface area contributed by atoms with Gasteiger partial charge in [-0.25, -0.2) is 0 Å². The fourth-order valence-electron chi connectivity index (χ4n) is 3.09. The van der Waals surface area contributed by atoms with E-state index in [0.717, 1.165) is 19.3 Å². The van der Waals surface area contributed by atoms with Crippen molar-refractivity contribution < 1.29 is 14.3 Å². The summed E-state index contributed by atoms with van der Waals surface area (Å²) in [7, 11) is 0. The third-order valence-corrected chi connectivity index (χ3v) is 4.76. The standard InChI is InChI=1S/C18H20ClNO3/c19-15-8-4-5-9-16(15)20-11-14(10-17(20)21)18(22)23-12-13-6-2-1-3-7-13/h1-2,4-5,8-9,13-14H,3,6-7,10-12H2. The number of hydrogen-bond acceptors (Lipinski definition) is 3. The van der Waals surface area contributed by atoms with Crippen molar-refractivity contribution in [3.8, 4) is 0 Å². The highest BCUT2D eigenvalue weighted by atomic mass is 35.5. The molecule has 4 nitrogen and oxygen atoms in total. The van der Waals surface area contributed by atoms with Crippen LogP contribution in [0, 0.1) is 11.8 Å². The van der Waals surface area contributed by atoms with Gasteiger partial charge in [0.05, 0.1) is 23.2 Å². The van der Waals surface area contributed by atoms with Crippen LogP contribution in [0.15, 0.2) is 36.4 Å². The molecule has 0 aromatic heterocycles. The number of benzene rings is 1. The van der Waals surface area contributed by atoms with Gasteiger partial charge in [-0.15, -0.1) is 0 Å². The molecule has 0 saturated carbocycles. The molecule has 1 saturated heterocycles. The maximum atomic E-state index is 12.2. The molecule has 1 aliphatic carbocycles. The van der Waals surface area contributed by atoms with Gasteiger partial charge in [0.15, 0.2) is 0 Å². The van der Waals surface area contributed by atoms with Crippen molar-refractivity contribution in [3.63, 3.8) is 0 Å². The van der Waals surface area contributed by atoms with Crippen molar-refractivity contribution >= 4 is 29.2 Å². The first kappa shape index (κ1) is 16.1. The minimum Gasteiger partial charge on any atom is -0.465 e. The van der Waals surface area contributed by atoms with Crippen LogP contribution in [-0.4, -0.2) is 25.0 Å². The zero-order valence-electron chi connectivity index (χ0n) is 12.9. The number of para-hydroxylation sites is 1. The first-order valence-electron chi connectivity index (χ1n) is 8.01. The molecule has 3 rings (SSSR count). The van der Waals surface area contributed by atoms with E-state index in [1.807, 2.05) is 12.1 Å². The van der Waals surface area contributed by atoms with Gasteiger partial charge >= 0.3 is 5.97 Å². The van der Waals surface area contributed by atoms with E-state index >= 15 is 0 Å². The summed E-state index contributed by atoms with van der Waals surface area (Å²) in [6.45, 7) is 0.784. The summed E-state index contributed by atoms with van der Waals surface area (Å²) in [5.74, 6) is -0.360. The van der Waals surface area contributed by atoms with Gasteiger partial charge < -0.3 is 9.64 Å². The Hall–Kier alpha value is -1.81. The average Bonchev–Trinajstić information content (AvgIpc) is 2.96. The highest BCUT2D eigenvalue weighted by Crippen LogP contribution is 2.31. The molecule has 23 heavy (non-hydrogen) atoms. The van der Waals surface area contributed by atoms with Crippen molar-refractivity contribution in [2.45, 2.75) is 25.7 Å². The van der Waals surface area contributed by atoms with Crippen LogP contribution in [-0.2, 0) is 14.3 Å². The Labute approximate surface area is 141 Å². The maximum absolute atomic E-state index is 12.2. The van der Waals surface area contributed by atoms with Crippen LogP contribution in [0.25, 0.3) is 0 Å². The number of esters is 1. The predicted octanol–water partition coefficient (Wildman–Crippen LogP) is 3.59. The Morgan fingerprint density at radius 3 is 2.87 bits per heavy atom. The lowest BCUT2D eigenvalue weighted by Crippen LogP contribution is -2.27. The number of allylic oxidation sites excluding steroid dienone is 2. The monoisotopic (exact) mass is 333 g/mol. The van der Waals surface area contributed by atoms with Gasteiger partial charge in [0.1, 0.15) is 0 Å². The van der Waals surface area contributed by atoms with Crippen molar-refractivity contribution in [1.29, 1.82) is 0 Å². The van der Waals surface area contributed by atoms with Gasteiger partial charge in [-0.1, -0.05) is 35.9 Å². The fourth-order valence-corrected chi connectivity index (χ4v) is 3.33. The number of hydrogen-bond donors (Lipinski definition) is 0. The first-order chi connectivity index (χ1) is 11.1. The second-order valence-corrected chi connectivity index (χ2v) is 6.54. The van der Waals surface area contributed by atoms with Crippen LogP contribution in [0.5, 0.6) is 0 Å². The first-order valence-corrected chi connectivity index (χ1v) is 8.39. The second kappa shape index (κ2) is 7.18. The lowest BCUT2D eigenvalue weighted by atomic mass is 9.95. The molecule has 0 radical (unpaired) electrons. The quantitative estimate of drug-likeness (QED) is 0.625. The molecule has 1 aliphatic heterocycles. The summed E-state index contributed by atoms with van der Waals surface area (Å²) in [5, 5.41) is 0.517. The number of carbonyl (C=O) groups is 2. The fraction of sp³-hybridized carbons (Fsp3) is 0.444. The molecule has 1 fully saturated rings. The van der Waals surface area contributed by atoms with Gasteiger partial charge in [0.25, 0.3) is 0 Å². The van der Waals surface area contributed by atoms with Crippen molar-refractivity contribution in [2.24, 2.45) is 11.8 Å². The normalized spacial score (nSPS) is 24.0.